The Kier molecular flexibility index (Phi) is 6.75. The molecule has 11 heteroatoms. The summed E-state index contributed by atoms with van der Waals surface area (Å²) in [6, 6.07) is 8.57. The summed E-state index contributed by atoms with van der Waals surface area (Å²) in [6.07, 6.45) is -0.746. The van der Waals surface area contributed by atoms with Gasteiger partial charge in [-0.05, 0) is 59.7 Å². The van der Waals surface area contributed by atoms with Crippen molar-refractivity contribution in [2.24, 2.45) is 5.73 Å². The average molecular weight is 509 g/mol. The molecule has 1 aliphatic rings. The number of imide groups is 1. The van der Waals surface area contributed by atoms with Gasteiger partial charge in [0.05, 0.1) is 28.7 Å². The summed E-state index contributed by atoms with van der Waals surface area (Å²) in [5.74, 6) is -0.392. The van der Waals surface area contributed by atoms with Crippen LogP contribution < -0.4 is 5.73 Å². The van der Waals surface area contributed by atoms with E-state index in [4.69, 9.17) is 17.3 Å². The van der Waals surface area contributed by atoms with Crippen LogP contribution in [0.5, 0.6) is 0 Å². The van der Waals surface area contributed by atoms with Gasteiger partial charge in [-0.1, -0.05) is 30.7 Å². The predicted molar refractivity (Wildman–Crippen MR) is 126 cm³/mol. The number of hydrogen-bond acceptors (Lipinski definition) is 5. The fourth-order valence-corrected chi connectivity index (χ4v) is 4.63. The van der Waals surface area contributed by atoms with Crippen molar-refractivity contribution in [1.29, 1.82) is 0 Å². The summed E-state index contributed by atoms with van der Waals surface area (Å²) in [6.45, 7) is 1.95. The molecule has 1 atom stereocenters. The highest BCUT2D eigenvalue weighted by Gasteiger charge is 2.36. The molecule has 3 aromatic rings. The molecule has 1 saturated heterocycles. The van der Waals surface area contributed by atoms with E-state index in [9.17, 15) is 22.8 Å². The van der Waals surface area contributed by atoms with Crippen molar-refractivity contribution in [3.8, 4) is 0 Å². The van der Waals surface area contributed by atoms with Crippen molar-refractivity contribution in [2.45, 2.75) is 32.1 Å². The number of nitrogens with zero attached hydrogens (tertiary/aromatic N) is 3. The van der Waals surface area contributed by atoms with Crippen molar-refractivity contribution >= 4 is 51.5 Å². The van der Waals surface area contributed by atoms with E-state index in [1.165, 1.54) is 16.8 Å². The van der Waals surface area contributed by atoms with Crippen LogP contribution in [0.1, 0.15) is 30.0 Å². The third-order valence-electron chi connectivity index (χ3n) is 5.48. The number of fused-ring (bicyclic) bond motifs is 1. The topological polar surface area (TPSA) is 81.2 Å². The molecule has 0 saturated carbocycles. The van der Waals surface area contributed by atoms with Gasteiger partial charge in [-0.25, -0.2) is 0 Å². The summed E-state index contributed by atoms with van der Waals surface area (Å²) in [4.78, 5) is 26.3. The van der Waals surface area contributed by atoms with E-state index >= 15 is 0 Å². The highest BCUT2D eigenvalue weighted by molar-refractivity contribution is 8.18. The van der Waals surface area contributed by atoms with Gasteiger partial charge in [0.25, 0.3) is 11.1 Å². The van der Waals surface area contributed by atoms with E-state index in [0.717, 1.165) is 22.7 Å². The molecule has 6 nitrogen and oxygen atoms in total. The van der Waals surface area contributed by atoms with Crippen LogP contribution in [0.2, 0.25) is 5.02 Å². The number of nitrogens with two attached hydrogens (primary N) is 1. The summed E-state index contributed by atoms with van der Waals surface area (Å²) in [7, 11) is 0. The van der Waals surface area contributed by atoms with Crippen molar-refractivity contribution in [1.82, 2.24) is 14.7 Å². The van der Waals surface area contributed by atoms with Crippen LogP contribution in [0.15, 0.2) is 47.5 Å². The van der Waals surface area contributed by atoms with Crippen LogP contribution in [0.3, 0.4) is 0 Å². The van der Waals surface area contributed by atoms with E-state index in [1.807, 2.05) is 6.92 Å². The third-order valence-corrected chi connectivity index (χ3v) is 6.62. The first kappa shape index (κ1) is 24.3. The number of carbonyl (C=O) groups is 2. The number of halogens is 4. The lowest BCUT2D eigenvalue weighted by atomic mass is 10.1. The van der Waals surface area contributed by atoms with Gasteiger partial charge in [0.15, 0.2) is 0 Å². The minimum Gasteiger partial charge on any atom is -0.326 e. The molecule has 178 valence electrons. The molecule has 1 aromatic heterocycles. The van der Waals surface area contributed by atoms with Gasteiger partial charge in [0.1, 0.15) is 0 Å². The first-order valence-corrected chi connectivity index (χ1v) is 11.6. The smallest absolute Gasteiger partial charge is 0.326 e. The Morgan fingerprint density at radius 2 is 1.97 bits per heavy atom. The standard InChI is InChI=1S/C23H20ClF3N4O2S/c1-2-17(28)12-30-21(32)20(34-22(30)33)8-13-3-6-19-15(7-13)10-29-31(19)11-14-4-5-16(24)9-18(14)23(25,26)27/h3-10,17H,2,11-12,28H2,1H3/t17-/m1/s1. The number of hydrogen-bond donors (Lipinski definition) is 1. The number of thioether (sulfide) groups is 1. The first-order chi connectivity index (χ1) is 16.1. The molecule has 0 radical (unpaired) electrons. The molecule has 2 heterocycles. The fourth-order valence-electron chi connectivity index (χ4n) is 3.61. The molecule has 0 spiro atoms. The molecule has 0 bridgehead atoms. The van der Waals surface area contributed by atoms with E-state index in [1.54, 1.807) is 30.5 Å². The zero-order chi connectivity index (χ0) is 24.6. The maximum Gasteiger partial charge on any atom is 0.416 e. The lowest BCUT2D eigenvalue weighted by Gasteiger charge is -2.16. The molecule has 2 aromatic carbocycles. The number of benzene rings is 2. The van der Waals surface area contributed by atoms with E-state index in [2.05, 4.69) is 5.10 Å². The number of aromatic nitrogens is 2. The summed E-state index contributed by atoms with van der Waals surface area (Å²) in [5, 5.41) is 4.56. The summed E-state index contributed by atoms with van der Waals surface area (Å²) >= 11 is 6.61. The third kappa shape index (κ3) is 4.98. The van der Waals surface area contributed by atoms with Crippen LogP contribution in [-0.2, 0) is 17.5 Å². The molecule has 1 fully saturated rings. The highest BCUT2D eigenvalue weighted by Crippen LogP contribution is 2.35. The number of alkyl halides is 3. The minimum absolute atomic E-state index is 0.00660. The molecule has 1 aliphatic heterocycles. The molecular formula is C23H20ClF3N4O2S. The van der Waals surface area contributed by atoms with Gasteiger partial charge < -0.3 is 5.73 Å². The monoisotopic (exact) mass is 508 g/mol. The van der Waals surface area contributed by atoms with E-state index in [0.29, 0.717) is 22.9 Å². The SMILES string of the molecule is CC[C@@H](N)CN1C(=O)SC(=Cc2ccc3c(cnn3Cc3ccc(Cl)cc3C(F)(F)F)c2)C1=O. The van der Waals surface area contributed by atoms with Gasteiger partial charge in [-0.3, -0.25) is 19.2 Å². The van der Waals surface area contributed by atoms with Crippen molar-refractivity contribution < 1.29 is 22.8 Å². The van der Waals surface area contributed by atoms with Gasteiger partial charge in [-0.2, -0.15) is 18.3 Å². The second kappa shape index (κ2) is 9.44. The van der Waals surface area contributed by atoms with Crippen molar-refractivity contribution in [2.75, 3.05) is 6.54 Å². The van der Waals surface area contributed by atoms with Gasteiger partial charge in [-0.15, -0.1) is 0 Å². The molecule has 34 heavy (non-hydrogen) atoms. The molecular weight excluding hydrogens is 489 g/mol. The van der Waals surface area contributed by atoms with Gasteiger partial charge in [0, 0.05) is 23.0 Å². The lowest BCUT2D eigenvalue weighted by molar-refractivity contribution is -0.138. The van der Waals surface area contributed by atoms with Crippen molar-refractivity contribution in [3.63, 3.8) is 0 Å². The molecule has 0 aliphatic carbocycles. The largest absolute Gasteiger partial charge is 0.416 e. The van der Waals surface area contributed by atoms with Crippen LogP contribution >= 0.6 is 23.4 Å². The van der Waals surface area contributed by atoms with Crippen LogP contribution in [0.25, 0.3) is 17.0 Å². The first-order valence-electron chi connectivity index (χ1n) is 10.4. The summed E-state index contributed by atoms with van der Waals surface area (Å²) in [5.41, 5.74) is 6.42. The van der Waals surface area contributed by atoms with Gasteiger partial charge >= 0.3 is 6.18 Å². The maximum atomic E-state index is 13.4. The van der Waals surface area contributed by atoms with E-state index in [-0.39, 0.29) is 39.9 Å². The molecule has 0 unspecified atom stereocenters. The molecule has 2 amide bonds. The molecule has 2 N–H and O–H groups in total. The van der Waals surface area contributed by atoms with Crippen LogP contribution in [0.4, 0.5) is 18.0 Å². The molecule has 4 rings (SSSR count). The number of amides is 2. The zero-order valence-electron chi connectivity index (χ0n) is 18.0. The maximum absolute atomic E-state index is 13.4. The number of rotatable bonds is 6. The van der Waals surface area contributed by atoms with Crippen molar-refractivity contribution in [3.05, 3.63) is 69.2 Å². The Morgan fingerprint density at radius 1 is 1.21 bits per heavy atom. The number of carbonyl (C=O) groups excluding carboxylic acids is 2. The second-order valence-corrected chi connectivity index (χ2v) is 9.31. The zero-order valence-corrected chi connectivity index (χ0v) is 19.5. The average Bonchev–Trinajstić information content (AvgIpc) is 3.29. The van der Waals surface area contributed by atoms with Crippen LogP contribution in [0, 0.1) is 0 Å². The Balaban J connectivity index is 1.59. The Labute approximate surface area is 202 Å². The van der Waals surface area contributed by atoms with E-state index < -0.39 is 17.6 Å². The lowest BCUT2D eigenvalue weighted by Crippen LogP contribution is -2.39. The Bertz CT molecular complexity index is 1310. The predicted octanol–water partition coefficient (Wildman–Crippen LogP) is 5.53. The quantitative estimate of drug-likeness (QED) is 0.443. The second-order valence-electron chi connectivity index (χ2n) is 7.88. The van der Waals surface area contributed by atoms with Gasteiger partial charge in [0.2, 0.25) is 0 Å². The minimum atomic E-state index is -4.54. The fraction of sp³-hybridized carbons (Fsp3) is 0.261. The van der Waals surface area contributed by atoms with Crippen LogP contribution in [-0.4, -0.2) is 38.4 Å². The summed E-state index contributed by atoms with van der Waals surface area (Å²) < 4.78 is 41.8. The normalized spacial score (nSPS) is 16.8. The Morgan fingerprint density at radius 3 is 2.68 bits per heavy atom. The Hall–Kier alpha value is -2.82. The highest BCUT2D eigenvalue weighted by atomic mass is 35.5.